The maximum Gasteiger partial charge on any atom is 0.407 e. The van der Waals surface area contributed by atoms with E-state index in [4.69, 9.17) is 4.74 Å². The van der Waals surface area contributed by atoms with E-state index in [2.05, 4.69) is 22.1 Å². The average molecular weight is 264 g/mol. The van der Waals surface area contributed by atoms with Gasteiger partial charge < -0.3 is 10.1 Å². The molecule has 0 aliphatic carbocycles. The number of pyridine rings is 1. The summed E-state index contributed by atoms with van der Waals surface area (Å²) < 4.78 is 4.86. The molecule has 0 spiro atoms. The summed E-state index contributed by atoms with van der Waals surface area (Å²) in [6, 6.07) is 13.3. The number of alkyl carbamates (subject to hydrolysis) is 1. The third kappa shape index (κ3) is 2.78. The molecule has 1 aromatic carbocycles. The number of carbonyl (C=O) groups is 1. The van der Waals surface area contributed by atoms with Gasteiger partial charge in [0.1, 0.15) is 12.6 Å². The first-order valence-electron chi connectivity index (χ1n) is 6.27. The minimum Gasteiger partial charge on any atom is -0.447 e. The standard InChI is InChI=1S/C16H12N2O2/c19-16-18-15(11-20-16)14-10-13(8-9-17-14)7-6-12-4-2-1-3-5-12/h1-5,8-10,15H,11H2,(H,18,19)/t15-/m0/s1. The van der Waals surface area contributed by atoms with Crippen LogP contribution in [0.3, 0.4) is 0 Å². The predicted molar refractivity (Wildman–Crippen MR) is 73.9 cm³/mol. The first-order chi connectivity index (χ1) is 9.81. The number of carbonyl (C=O) groups excluding carboxylic acids is 1. The summed E-state index contributed by atoms with van der Waals surface area (Å²) in [5, 5.41) is 2.70. The van der Waals surface area contributed by atoms with Gasteiger partial charge in [0, 0.05) is 17.3 Å². The molecule has 0 unspecified atom stereocenters. The molecular weight excluding hydrogens is 252 g/mol. The molecule has 0 radical (unpaired) electrons. The van der Waals surface area contributed by atoms with Gasteiger partial charge in [-0.3, -0.25) is 4.98 Å². The number of ether oxygens (including phenoxy) is 1. The highest BCUT2D eigenvalue weighted by Gasteiger charge is 2.24. The number of benzene rings is 1. The number of amides is 1. The lowest BCUT2D eigenvalue weighted by atomic mass is 10.1. The molecule has 2 aromatic rings. The molecule has 4 nitrogen and oxygen atoms in total. The third-order valence-corrected chi connectivity index (χ3v) is 2.94. The molecule has 1 saturated heterocycles. The first kappa shape index (κ1) is 12.2. The number of cyclic esters (lactones) is 1. The molecule has 2 heterocycles. The molecular formula is C16H12N2O2. The molecule has 98 valence electrons. The van der Waals surface area contributed by atoms with Crippen LogP contribution in [0.25, 0.3) is 0 Å². The van der Waals surface area contributed by atoms with Crippen molar-refractivity contribution in [2.45, 2.75) is 6.04 Å². The lowest BCUT2D eigenvalue weighted by molar-refractivity contribution is 0.177. The normalized spacial score (nSPS) is 16.8. The van der Waals surface area contributed by atoms with Crippen molar-refractivity contribution in [2.75, 3.05) is 6.61 Å². The lowest BCUT2D eigenvalue weighted by Crippen LogP contribution is -2.19. The zero-order valence-electron chi connectivity index (χ0n) is 10.7. The maximum absolute atomic E-state index is 11.0. The predicted octanol–water partition coefficient (Wildman–Crippen LogP) is 2.26. The van der Waals surface area contributed by atoms with Crippen molar-refractivity contribution >= 4 is 6.09 Å². The van der Waals surface area contributed by atoms with E-state index in [0.29, 0.717) is 6.61 Å². The van der Waals surface area contributed by atoms with Crippen LogP contribution in [-0.2, 0) is 4.74 Å². The summed E-state index contributed by atoms with van der Waals surface area (Å²) >= 11 is 0. The van der Waals surface area contributed by atoms with Crippen molar-refractivity contribution in [3.05, 3.63) is 65.5 Å². The highest BCUT2D eigenvalue weighted by molar-refractivity contribution is 5.69. The molecule has 0 saturated carbocycles. The Morgan fingerprint density at radius 3 is 2.70 bits per heavy atom. The number of hydrogen-bond acceptors (Lipinski definition) is 3. The molecule has 4 heteroatoms. The van der Waals surface area contributed by atoms with Gasteiger partial charge in [0.2, 0.25) is 0 Å². The molecule has 1 fully saturated rings. The Kier molecular flexibility index (Phi) is 3.34. The number of nitrogens with zero attached hydrogens (tertiary/aromatic N) is 1. The second-order valence-electron chi connectivity index (χ2n) is 4.38. The Labute approximate surface area is 116 Å². The molecule has 1 N–H and O–H groups in total. The first-order valence-corrected chi connectivity index (χ1v) is 6.27. The molecule has 1 amide bonds. The highest BCUT2D eigenvalue weighted by Crippen LogP contribution is 2.16. The van der Waals surface area contributed by atoms with Crippen molar-refractivity contribution < 1.29 is 9.53 Å². The minimum atomic E-state index is -0.405. The second-order valence-corrected chi connectivity index (χ2v) is 4.38. The number of rotatable bonds is 1. The Morgan fingerprint density at radius 2 is 1.95 bits per heavy atom. The van der Waals surface area contributed by atoms with Crippen LogP contribution in [0.4, 0.5) is 4.79 Å². The molecule has 0 bridgehead atoms. The summed E-state index contributed by atoms with van der Waals surface area (Å²) in [5.41, 5.74) is 2.58. The van der Waals surface area contributed by atoms with E-state index in [0.717, 1.165) is 16.8 Å². The van der Waals surface area contributed by atoms with Gasteiger partial charge in [-0.15, -0.1) is 0 Å². The quantitative estimate of drug-likeness (QED) is 0.804. The van der Waals surface area contributed by atoms with Crippen molar-refractivity contribution in [3.8, 4) is 11.8 Å². The van der Waals surface area contributed by atoms with Crippen LogP contribution in [0.2, 0.25) is 0 Å². The van der Waals surface area contributed by atoms with Crippen molar-refractivity contribution in [2.24, 2.45) is 0 Å². The molecule has 20 heavy (non-hydrogen) atoms. The topological polar surface area (TPSA) is 51.2 Å². The number of nitrogens with one attached hydrogen (secondary N) is 1. The van der Waals surface area contributed by atoms with Crippen LogP contribution in [0, 0.1) is 11.8 Å². The number of aromatic nitrogens is 1. The van der Waals surface area contributed by atoms with Gasteiger partial charge in [-0.25, -0.2) is 4.79 Å². The molecule has 1 aliphatic rings. The maximum atomic E-state index is 11.0. The summed E-state index contributed by atoms with van der Waals surface area (Å²) in [4.78, 5) is 15.3. The minimum absolute atomic E-state index is 0.194. The van der Waals surface area contributed by atoms with Crippen LogP contribution in [-0.4, -0.2) is 17.7 Å². The van der Waals surface area contributed by atoms with Gasteiger partial charge in [0.25, 0.3) is 0 Å². The van der Waals surface area contributed by atoms with Gasteiger partial charge in [0.15, 0.2) is 0 Å². The van der Waals surface area contributed by atoms with E-state index < -0.39 is 6.09 Å². The second kappa shape index (κ2) is 5.45. The highest BCUT2D eigenvalue weighted by atomic mass is 16.6. The third-order valence-electron chi connectivity index (χ3n) is 2.94. The SMILES string of the molecule is O=C1N[C@H](c2cc(C#Cc3ccccc3)ccn2)CO1. The van der Waals surface area contributed by atoms with Gasteiger partial charge in [-0.05, 0) is 24.3 Å². The van der Waals surface area contributed by atoms with Gasteiger partial charge in [-0.1, -0.05) is 30.0 Å². The van der Waals surface area contributed by atoms with Gasteiger partial charge >= 0.3 is 6.09 Å². The average Bonchev–Trinajstić information content (AvgIpc) is 2.93. The van der Waals surface area contributed by atoms with E-state index >= 15 is 0 Å². The Bertz CT molecular complexity index is 686. The molecule has 3 rings (SSSR count). The van der Waals surface area contributed by atoms with Crippen LogP contribution in [0.5, 0.6) is 0 Å². The fraction of sp³-hybridized carbons (Fsp3) is 0.125. The zero-order valence-corrected chi connectivity index (χ0v) is 10.7. The molecule has 1 aromatic heterocycles. The van der Waals surface area contributed by atoms with Crippen LogP contribution in [0.15, 0.2) is 48.7 Å². The van der Waals surface area contributed by atoms with E-state index in [1.165, 1.54) is 0 Å². The van der Waals surface area contributed by atoms with Crippen molar-refractivity contribution in [3.63, 3.8) is 0 Å². The zero-order chi connectivity index (χ0) is 13.8. The smallest absolute Gasteiger partial charge is 0.407 e. The molecule has 1 atom stereocenters. The summed E-state index contributed by atoms with van der Waals surface area (Å²) in [6.45, 7) is 0.307. The van der Waals surface area contributed by atoms with Crippen molar-refractivity contribution in [1.29, 1.82) is 0 Å². The summed E-state index contributed by atoms with van der Waals surface area (Å²) in [6.07, 6.45) is 1.28. The van der Waals surface area contributed by atoms with Crippen LogP contribution < -0.4 is 5.32 Å². The van der Waals surface area contributed by atoms with E-state index in [-0.39, 0.29) is 6.04 Å². The number of hydrogen-bond donors (Lipinski definition) is 1. The summed E-state index contributed by atoms with van der Waals surface area (Å²) in [5.74, 6) is 6.18. The van der Waals surface area contributed by atoms with E-state index in [1.807, 2.05) is 42.5 Å². The molecule has 1 aliphatic heterocycles. The van der Waals surface area contributed by atoms with Gasteiger partial charge in [-0.2, -0.15) is 0 Å². The van der Waals surface area contributed by atoms with E-state index in [9.17, 15) is 4.79 Å². The largest absolute Gasteiger partial charge is 0.447 e. The van der Waals surface area contributed by atoms with Gasteiger partial charge in [0.05, 0.1) is 5.69 Å². The fourth-order valence-corrected chi connectivity index (χ4v) is 1.93. The van der Waals surface area contributed by atoms with Crippen molar-refractivity contribution in [1.82, 2.24) is 10.3 Å². The lowest BCUT2D eigenvalue weighted by Gasteiger charge is -2.06. The Balaban J connectivity index is 1.82. The Morgan fingerprint density at radius 1 is 1.15 bits per heavy atom. The fourth-order valence-electron chi connectivity index (χ4n) is 1.93. The van der Waals surface area contributed by atoms with Crippen LogP contribution >= 0.6 is 0 Å². The van der Waals surface area contributed by atoms with E-state index in [1.54, 1.807) is 6.20 Å². The van der Waals surface area contributed by atoms with Crippen LogP contribution in [0.1, 0.15) is 22.9 Å². The monoisotopic (exact) mass is 264 g/mol. The Hall–Kier alpha value is -2.80. The summed E-state index contributed by atoms with van der Waals surface area (Å²) in [7, 11) is 0.